The Balaban J connectivity index is 1.40. The van der Waals surface area contributed by atoms with Crippen LogP contribution in [0.4, 0.5) is 5.69 Å². The molecule has 136 valence electrons. The van der Waals surface area contributed by atoms with E-state index in [0.29, 0.717) is 18.0 Å². The van der Waals surface area contributed by atoms with Gasteiger partial charge in [-0.25, -0.2) is 0 Å². The summed E-state index contributed by atoms with van der Waals surface area (Å²) in [5.74, 6) is 2.31. The van der Waals surface area contributed by atoms with E-state index in [2.05, 4.69) is 17.2 Å². The Morgan fingerprint density at radius 2 is 2.00 bits per heavy atom. The molecule has 1 amide bonds. The van der Waals surface area contributed by atoms with E-state index >= 15 is 0 Å². The Hall–Kier alpha value is -2.76. The topological polar surface area (TPSA) is 63.7 Å². The van der Waals surface area contributed by atoms with Crippen LogP contribution >= 0.6 is 0 Å². The summed E-state index contributed by atoms with van der Waals surface area (Å²) in [5, 5.41) is 3.33. The molecule has 0 saturated carbocycles. The molecular formula is C20H23N3O3. The zero-order chi connectivity index (χ0) is 17.9. The van der Waals surface area contributed by atoms with Crippen molar-refractivity contribution in [2.75, 3.05) is 25.2 Å². The molecule has 6 heteroatoms. The van der Waals surface area contributed by atoms with Crippen molar-refractivity contribution in [2.45, 2.75) is 26.3 Å². The highest BCUT2D eigenvalue weighted by Gasteiger charge is 2.21. The van der Waals surface area contributed by atoms with E-state index in [1.807, 2.05) is 29.2 Å². The molecule has 1 fully saturated rings. The summed E-state index contributed by atoms with van der Waals surface area (Å²) in [6, 6.07) is 7.75. The first-order chi connectivity index (χ1) is 12.7. The van der Waals surface area contributed by atoms with Gasteiger partial charge in [-0.05, 0) is 42.5 Å². The molecule has 2 aromatic rings. The average Bonchev–Trinajstić information content (AvgIpc) is 3.14. The Morgan fingerprint density at radius 3 is 2.85 bits per heavy atom. The molecule has 6 nitrogen and oxygen atoms in total. The van der Waals surface area contributed by atoms with Crippen LogP contribution in [0.5, 0.6) is 11.5 Å². The van der Waals surface area contributed by atoms with Crippen molar-refractivity contribution in [2.24, 2.45) is 5.92 Å². The maximum absolute atomic E-state index is 12.7. The number of carbonyl (C=O) groups is 1. The smallest absolute Gasteiger partial charge is 0.255 e. The maximum atomic E-state index is 12.7. The minimum atomic E-state index is 0.0659. The molecule has 0 aliphatic carbocycles. The highest BCUT2D eigenvalue weighted by molar-refractivity contribution is 5.94. The Bertz CT molecular complexity index is 801. The van der Waals surface area contributed by atoms with Crippen molar-refractivity contribution in [3.63, 3.8) is 0 Å². The molecule has 0 radical (unpaired) electrons. The number of hydrogen-bond donors (Lipinski definition) is 1. The van der Waals surface area contributed by atoms with E-state index < -0.39 is 0 Å². The molecule has 0 unspecified atom stereocenters. The lowest BCUT2D eigenvalue weighted by Gasteiger charge is -2.30. The van der Waals surface area contributed by atoms with Crippen molar-refractivity contribution in [1.29, 1.82) is 0 Å². The van der Waals surface area contributed by atoms with E-state index in [4.69, 9.17) is 9.47 Å². The fraction of sp³-hybridized carbons (Fsp3) is 0.400. The SMILES string of the molecule is CC1CCN(C(=O)c2cncc(NCc3ccc4c(c3)OCO4)c2)CC1. The first-order valence-electron chi connectivity index (χ1n) is 9.06. The van der Waals surface area contributed by atoms with E-state index in [1.165, 1.54) is 0 Å². The zero-order valence-electron chi connectivity index (χ0n) is 14.9. The number of nitrogens with zero attached hydrogens (tertiary/aromatic N) is 2. The van der Waals surface area contributed by atoms with Gasteiger partial charge in [-0.2, -0.15) is 0 Å². The lowest BCUT2D eigenvalue weighted by molar-refractivity contribution is 0.0697. The monoisotopic (exact) mass is 353 g/mol. The first kappa shape index (κ1) is 16.7. The number of aromatic nitrogens is 1. The van der Waals surface area contributed by atoms with Gasteiger partial charge in [0.1, 0.15) is 0 Å². The number of anilines is 1. The third-order valence-electron chi connectivity index (χ3n) is 4.99. The summed E-state index contributed by atoms with van der Waals surface area (Å²) in [6.07, 6.45) is 5.52. The number of rotatable bonds is 4. The van der Waals surface area contributed by atoms with E-state index in [1.54, 1.807) is 12.4 Å². The number of ether oxygens (including phenoxy) is 2. The molecule has 1 aromatic heterocycles. The van der Waals surface area contributed by atoms with Crippen LogP contribution in [0.1, 0.15) is 35.7 Å². The van der Waals surface area contributed by atoms with Crippen LogP contribution in [0.2, 0.25) is 0 Å². The fourth-order valence-corrected chi connectivity index (χ4v) is 3.30. The largest absolute Gasteiger partial charge is 0.454 e. The summed E-state index contributed by atoms with van der Waals surface area (Å²) in [6.45, 7) is 4.79. The van der Waals surface area contributed by atoms with E-state index in [0.717, 1.165) is 48.7 Å². The van der Waals surface area contributed by atoms with Gasteiger partial charge in [0, 0.05) is 32.0 Å². The minimum Gasteiger partial charge on any atom is -0.454 e. The fourth-order valence-electron chi connectivity index (χ4n) is 3.30. The first-order valence-corrected chi connectivity index (χ1v) is 9.06. The van der Waals surface area contributed by atoms with Gasteiger partial charge in [0.05, 0.1) is 11.3 Å². The molecule has 0 atom stereocenters. The Kier molecular flexibility index (Phi) is 4.65. The minimum absolute atomic E-state index is 0.0659. The third kappa shape index (κ3) is 3.59. The van der Waals surface area contributed by atoms with Crippen molar-refractivity contribution < 1.29 is 14.3 Å². The van der Waals surface area contributed by atoms with E-state index in [9.17, 15) is 4.79 Å². The second-order valence-electron chi connectivity index (χ2n) is 6.98. The molecule has 1 saturated heterocycles. The molecule has 2 aliphatic rings. The van der Waals surface area contributed by atoms with Crippen LogP contribution in [0, 0.1) is 5.92 Å². The quantitative estimate of drug-likeness (QED) is 0.914. The normalized spacial score (nSPS) is 16.6. The van der Waals surface area contributed by atoms with Gasteiger partial charge in [-0.1, -0.05) is 13.0 Å². The molecule has 2 aliphatic heterocycles. The van der Waals surface area contributed by atoms with Gasteiger partial charge in [-0.15, -0.1) is 0 Å². The van der Waals surface area contributed by atoms with Crippen LogP contribution in [0.15, 0.2) is 36.7 Å². The van der Waals surface area contributed by atoms with Crippen LogP contribution in [0.3, 0.4) is 0 Å². The highest BCUT2D eigenvalue weighted by Crippen LogP contribution is 2.32. The predicted octanol–water partition coefficient (Wildman–Crippen LogP) is 3.29. The van der Waals surface area contributed by atoms with Crippen LogP contribution < -0.4 is 14.8 Å². The van der Waals surface area contributed by atoms with Gasteiger partial charge in [0.15, 0.2) is 11.5 Å². The molecule has 1 aromatic carbocycles. The third-order valence-corrected chi connectivity index (χ3v) is 4.99. The second kappa shape index (κ2) is 7.23. The second-order valence-corrected chi connectivity index (χ2v) is 6.98. The summed E-state index contributed by atoms with van der Waals surface area (Å²) in [5.41, 5.74) is 2.55. The van der Waals surface area contributed by atoms with Crippen molar-refractivity contribution in [1.82, 2.24) is 9.88 Å². The molecular weight excluding hydrogens is 330 g/mol. The van der Waals surface area contributed by atoms with Crippen molar-refractivity contribution in [3.8, 4) is 11.5 Å². The Morgan fingerprint density at radius 1 is 1.19 bits per heavy atom. The number of hydrogen-bond acceptors (Lipinski definition) is 5. The van der Waals surface area contributed by atoms with E-state index in [-0.39, 0.29) is 12.7 Å². The van der Waals surface area contributed by atoms with Gasteiger partial charge in [-0.3, -0.25) is 9.78 Å². The number of carbonyl (C=O) groups excluding carboxylic acids is 1. The number of likely N-dealkylation sites (tertiary alicyclic amines) is 1. The summed E-state index contributed by atoms with van der Waals surface area (Å²) >= 11 is 0. The molecule has 3 heterocycles. The standard InChI is InChI=1S/C20H23N3O3/c1-14-4-6-23(7-5-14)20(24)16-9-17(12-21-11-16)22-10-15-2-3-18-19(8-15)26-13-25-18/h2-3,8-9,11-12,14,22H,4-7,10,13H2,1H3. The maximum Gasteiger partial charge on any atom is 0.255 e. The summed E-state index contributed by atoms with van der Waals surface area (Å²) < 4.78 is 10.7. The lowest BCUT2D eigenvalue weighted by Crippen LogP contribution is -2.37. The van der Waals surface area contributed by atoms with Gasteiger partial charge < -0.3 is 19.7 Å². The van der Waals surface area contributed by atoms with Crippen LogP contribution in [0.25, 0.3) is 0 Å². The zero-order valence-corrected chi connectivity index (χ0v) is 14.9. The molecule has 1 N–H and O–H groups in total. The molecule has 4 rings (SSSR count). The number of pyridine rings is 1. The number of benzene rings is 1. The van der Waals surface area contributed by atoms with Crippen LogP contribution in [-0.4, -0.2) is 35.7 Å². The van der Waals surface area contributed by atoms with Crippen LogP contribution in [-0.2, 0) is 6.54 Å². The molecule has 0 spiro atoms. The predicted molar refractivity (Wildman–Crippen MR) is 98.4 cm³/mol. The van der Waals surface area contributed by atoms with Gasteiger partial charge in [0.25, 0.3) is 5.91 Å². The molecule has 26 heavy (non-hydrogen) atoms. The number of fused-ring (bicyclic) bond motifs is 1. The van der Waals surface area contributed by atoms with Crippen molar-refractivity contribution >= 4 is 11.6 Å². The van der Waals surface area contributed by atoms with Gasteiger partial charge >= 0.3 is 0 Å². The van der Waals surface area contributed by atoms with Gasteiger partial charge in [0.2, 0.25) is 6.79 Å². The summed E-state index contributed by atoms with van der Waals surface area (Å²) in [7, 11) is 0. The Labute approximate surface area is 153 Å². The summed E-state index contributed by atoms with van der Waals surface area (Å²) in [4.78, 5) is 18.8. The lowest BCUT2D eigenvalue weighted by atomic mass is 9.99. The van der Waals surface area contributed by atoms with Crippen molar-refractivity contribution in [3.05, 3.63) is 47.8 Å². The average molecular weight is 353 g/mol. The highest BCUT2D eigenvalue weighted by atomic mass is 16.7. The number of amides is 1. The number of nitrogens with one attached hydrogen (secondary N) is 1. The number of piperidine rings is 1. The molecule has 0 bridgehead atoms.